The number of hydrogen-bond acceptors (Lipinski definition) is 6. The van der Waals surface area contributed by atoms with Gasteiger partial charge in [-0.05, 0) is 0 Å². The van der Waals surface area contributed by atoms with Gasteiger partial charge in [0.15, 0.2) is 0 Å². The zero-order valence-electron chi connectivity index (χ0n) is 11.9. The Balaban J connectivity index is 1.85. The highest BCUT2D eigenvalue weighted by molar-refractivity contribution is 7.89. The summed E-state index contributed by atoms with van der Waals surface area (Å²) in [4.78, 5) is 10.8. The van der Waals surface area contributed by atoms with Gasteiger partial charge in [-0.2, -0.15) is 0 Å². The Hall–Kier alpha value is -1.42. The molecule has 3 rings (SSSR count). The van der Waals surface area contributed by atoms with Gasteiger partial charge in [0.25, 0.3) is 0 Å². The van der Waals surface area contributed by atoms with Gasteiger partial charge in [-0.3, -0.25) is 0 Å². The second kappa shape index (κ2) is 5.65. The quantitative estimate of drug-likeness (QED) is 0.793. The van der Waals surface area contributed by atoms with Crippen molar-refractivity contribution in [1.82, 2.24) is 4.72 Å². The first-order chi connectivity index (χ1) is 10.4. The fourth-order valence-electron chi connectivity index (χ4n) is 2.82. The van der Waals surface area contributed by atoms with Gasteiger partial charge >= 0.3 is 5.97 Å². The summed E-state index contributed by atoms with van der Waals surface area (Å²) in [5.74, 6) is -1.58. The van der Waals surface area contributed by atoms with E-state index in [-0.39, 0.29) is 47.5 Å². The van der Waals surface area contributed by atoms with Crippen LogP contribution in [-0.4, -0.2) is 51.5 Å². The average molecular weight is 331 g/mol. The molecule has 1 aromatic heterocycles. The zero-order chi connectivity index (χ0) is 15.9. The molecule has 0 radical (unpaired) electrons. The van der Waals surface area contributed by atoms with Gasteiger partial charge in [0.1, 0.15) is 10.7 Å². The minimum absolute atomic E-state index is 0.0225. The van der Waals surface area contributed by atoms with Crippen LogP contribution in [0.2, 0.25) is 0 Å². The first-order valence-electron chi connectivity index (χ1n) is 7.00. The lowest BCUT2D eigenvalue weighted by molar-refractivity contribution is 0.0660. The van der Waals surface area contributed by atoms with Crippen molar-refractivity contribution >= 4 is 16.0 Å². The van der Waals surface area contributed by atoms with E-state index in [0.717, 1.165) is 6.07 Å². The SMILES string of the molecule is CCc1oc(C(=O)O)cc1S(=O)(=O)N[C@@H]1CO[C@H]2COC[C@H]21. The molecule has 0 saturated carbocycles. The van der Waals surface area contributed by atoms with Gasteiger partial charge in [0.05, 0.1) is 32.0 Å². The highest BCUT2D eigenvalue weighted by Crippen LogP contribution is 2.29. The third-order valence-corrected chi connectivity index (χ3v) is 5.51. The number of aryl methyl sites for hydroxylation is 1. The largest absolute Gasteiger partial charge is 0.475 e. The second-order valence-electron chi connectivity index (χ2n) is 5.36. The standard InChI is InChI=1S/C13H17NO7S/c1-2-9-12(3-10(21-9)13(15)16)22(17,18)14-8-5-20-11-6-19-4-7(8)11/h3,7-8,11,14H,2,4-6H2,1H3,(H,15,16)/t7-,8+,11-/m0/s1. The molecule has 2 N–H and O–H groups in total. The van der Waals surface area contributed by atoms with Crippen LogP contribution in [0.5, 0.6) is 0 Å². The van der Waals surface area contributed by atoms with Crippen molar-refractivity contribution in [1.29, 1.82) is 0 Å². The Kier molecular flexibility index (Phi) is 3.98. The fraction of sp³-hybridized carbons (Fsp3) is 0.615. The van der Waals surface area contributed by atoms with E-state index in [0.29, 0.717) is 13.2 Å². The molecule has 0 aromatic carbocycles. The number of aromatic carboxylic acids is 1. The van der Waals surface area contributed by atoms with Crippen LogP contribution in [0.4, 0.5) is 0 Å². The molecule has 0 bridgehead atoms. The lowest BCUT2D eigenvalue weighted by Gasteiger charge is -2.16. The molecule has 2 aliphatic rings. The maximum Gasteiger partial charge on any atom is 0.371 e. The number of fused-ring (bicyclic) bond motifs is 1. The van der Waals surface area contributed by atoms with Crippen LogP contribution in [0.1, 0.15) is 23.2 Å². The number of rotatable bonds is 5. The number of hydrogen-bond donors (Lipinski definition) is 2. The van der Waals surface area contributed by atoms with Gasteiger partial charge in [-0.15, -0.1) is 0 Å². The molecule has 2 fully saturated rings. The predicted octanol–water partition coefficient (Wildman–Crippen LogP) is 0.232. The number of carboxylic acids is 1. The number of nitrogens with one attached hydrogen (secondary N) is 1. The van der Waals surface area contributed by atoms with Gasteiger partial charge < -0.3 is 19.0 Å². The second-order valence-corrected chi connectivity index (χ2v) is 7.04. The van der Waals surface area contributed by atoms with Crippen LogP contribution in [0, 0.1) is 5.92 Å². The first kappa shape index (κ1) is 15.5. The normalized spacial score (nSPS) is 28.0. The minimum atomic E-state index is -3.88. The van der Waals surface area contributed by atoms with Crippen molar-refractivity contribution in [2.24, 2.45) is 5.92 Å². The fourth-order valence-corrected chi connectivity index (χ4v) is 4.34. The van der Waals surface area contributed by atoms with Crippen LogP contribution >= 0.6 is 0 Å². The van der Waals surface area contributed by atoms with Crippen LogP contribution in [0.15, 0.2) is 15.4 Å². The van der Waals surface area contributed by atoms with Crippen LogP contribution < -0.4 is 4.72 Å². The summed E-state index contributed by atoms with van der Waals surface area (Å²) < 4.78 is 43.5. The molecule has 2 aliphatic heterocycles. The topological polar surface area (TPSA) is 115 Å². The molecule has 0 spiro atoms. The average Bonchev–Trinajstić information content (AvgIpc) is 3.14. The van der Waals surface area contributed by atoms with Gasteiger partial charge in [-0.1, -0.05) is 6.92 Å². The zero-order valence-corrected chi connectivity index (χ0v) is 12.8. The van der Waals surface area contributed by atoms with Gasteiger partial charge in [0, 0.05) is 18.4 Å². The van der Waals surface area contributed by atoms with Crippen molar-refractivity contribution in [3.05, 3.63) is 17.6 Å². The van der Waals surface area contributed by atoms with Crippen LogP contribution in [0.25, 0.3) is 0 Å². The van der Waals surface area contributed by atoms with Gasteiger partial charge in [-0.25, -0.2) is 17.9 Å². The van der Waals surface area contributed by atoms with E-state index >= 15 is 0 Å². The predicted molar refractivity (Wildman–Crippen MR) is 73.2 cm³/mol. The highest BCUT2D eigenvalue weighted by Gasteiger charge is 2.43. The smallest absolute Gasteiger partial charge is 0.371 e. The van der Waals surface area contributed by atoms with Crippen molar-refractivity contribution in [3.63, 3.8) is 0 Å². The van der Waals surface area contributed by atoms with Crippen molar-refractivity contribution in [2.75, 3.05) is 19.8 Å². The number of ether oxygens (including phenoxy) is 2. The Morgan fingerprint density at radius 1 is 1.41 bits per heavy atom. The Morgan fingerprint density at radius 2 is 2.18 bits per heavy atom. The summed E-state index contributed by atoms with van der Waals surface area (Å²) in [5, 5.41) is 8.95. The number of furan rings is 1. The van der Waals surface area contributed by atoms with E-state index < -0.39 is 16.0 Å². The lowest BCUT2D eigenvalue weighted by Crippen LogP contribution is -2.41. The number of sulfonamides is 1. The summed E-state index contributed by atoms with van der Waals surface area (Å²) in [6.07, 6.45) is 0.192. The van der Waals surface area contributed by atoms with Gasteiger partial charge in [0.2, 0.25) is 15.8 Å². The molecule has 22 heavy (non-hydrogen) atoms. The maximum atomic E-state index is 12.5. The molecule has 9 heteroatoms. The molecule has 1 aromatic rings. The van der Waals surface area contributed by atoms with Crippen LogP contribution in [-0.2, 0) is 25.9 Å². The summed E-state index contributed by atoms with van der Waals surface area (Å²) in [6.45, 7) is 2.90. The molecular weight excluding hydrogens is 314 g/mol. The van der Waals surface area contributed by atoms with E-state index in [4.69, 9.17) is 19.0 Å². The summed E-state index contributed by atoms with van der Waals surface area (Å²) in [7, 11) is -3.88. The van der Waals surface area contributed by atoms with E-state index in [1.807, 2.05) is 0 Å². The highest BCUT2D eigenvalue weighted by atomic mass is 32.2. The van der Waals surface area contributed by atoms with E-state index in [2.05, 4.69) is 4.72 Å². The van der Waals surface area contributed by atoms with E-state index in [1.165, 1.54) is 0 Å². The maximum absolute atomic E-state index is 12.5. The summed E-state index contributed by atoms with van der Waals surface area (Å²) in [5.41, 5.74) is 0. The Morgan fingerprint density at radius 3 is 2.86 bits per heavy atom. The molecule has 0 amide bonds. The van der Waals surface area contributed by atoms with Crippen LogP contribution in [0.3, 0.4) is 0 Å². The van der Waals surface area contributed by atoms with Crippen molar-refractivity contribution in [2.45, 2.75) is 30.4 Å². The number of carboxylic acid groups (broad SMARTS) is 1. The third-order valence-electron chi connectivity index (χ3n) is 3.97. The molecule has 0 aliphatic carbocycles. The molecular formula is C13H17NO7S. The summed E-state index contributed by atoms with van der Waals surface area (Å²) >= 11 is 0. The minimum Gasteiger partial charge on any atom is -0.475 e. The molecule has 2 saturated heterocycles. The Bertz CT molecular complexity index is 681. The van der Waals surface area contributed by atoms with E-state index in [1.54, 1.807) is 6.92 Å². The molecule has 122 valence electrons. The third kappa shape index (κ3) is 2.65. The lowest BCUT2D eigenvalue weighted by atomic mass is 10.0. The Labute approximate surface area is 127 Å². The van der Waals surface area contributed by atoms with Crippen molar-refractivity contribution in [3.8, 4) is 0 Å². The van der Waals surface area contributed by atoms with E-state index in [9.17, 15) is 13.2 Å². The molecule has 3 heterocycles. The number of carbonyl (C=O) groups is 1. The molecule has 8 nitrogen and oxygen atoms in total. The molecule has 0 unspecified atom stereocenters. The molecule has 3 atom stereocenters. The van der Waals surface area contributed by atoms with Crippen molar-refractivity contribution < 1.29 is 32.2 Å². The first-order valence-corrected chi connectivity index (χ1v) is 8.48. The summed E-state index contributed by atoms with van der Waals surface area (Å²) in [6, 6.07) is 0.660. The monoisotopic (exact) mass is 331 g/mol.